The second-order valence-corrected chi connectivity index (χ2v) is 7.37. The van der Waals surface area contributed by atoms with Crippen LogP contribution < -0.4 is 24.8 Å². The SMILES string of the molecule is COc1ccc2c(c1)N[C@H]([S@](=O)Cc1c(C)c(OC)c(C)c[n+]1[O-])N2. The minimum atomic E-state index is -1.36. The maximum absolute atomic E-state index is 12.8. The number of nitrogens with one attached hydrogen (secondary N) is 2. The summed E-state index contributed by atoms with van der Waals surface area (Å²) in [5.41, 5.74) is 3.11. The molecular weight excluding hydrogens is 342 g/mol. The molecule has 7 nitrogen and oxygen atoms in total. The molecule has 1 aliphatic heterocycles. The van der Waals surface area contributed by atoms with E-state index < -0.39 is 16.3 Å². The average Bonchev–Trinajstić information content (AvgIpc) is 3.01. The first-order valence-corrected chi connectivity index (χ1v) is 9.17. The predicted octanol–water partition coefficient (Wildman–Crippen LogP) is 2.02. The average molecular weight is 363 g/mol. The van der Waals surface area contributed by atoms with Gasteiger partial charge in [-0.05, 0) is 26.0 Å². The monoisotopic (exact) mass is 363 g/mol. The summed E-state index contributed by atoms with van der Waals surface area (Å²) in [6.45, 7) is 3.62. The van der Waals surface area contributed by atoms with Crippen LogP contribution in [0.5, 0.6) is 11.5 Å². The van der Waals surface area contributed by atoms with Gasteiger partial charge in [-0.15, -0.1) is 0 Å². The van der Waals surface area contributed by atoms with E-state index in [1.165, 1.54) is 6.20 Å². The van der Waals surface area contributed by atoms with Crippen LogP contribution in [-0.4, -0.2) is 23.9 Å². The fraction of sp³-hybridized carbons (Fsp3) is 0.353. The van der Waals surface area contributed by atoms with E-state index in [9.17, 15) is 9.42 Å². The Kier molecular flexibility index (Phi) is 4.71. The third-order valence-electron chi connectivity index (χ3n) is 4.25. The van der Waals surface area contributed by atoms with Crippen LogP contribution in [0.25, 0.3) is 0 Å². The molecule has 1 aromatic carbocycles. The third-order valence-corrected chi connectivity index (χ3v) is 5.57. The normalized spacial score (nSPS) is 16.6. The summed E-state index contributed by atoms with van der Waals surface area (Å²) in [6, 6.07) is 5.54. The number of hydrogen-bond donors (Lipinski definition) is 2. The molecule has 8 heteroatoms. The number of fused-ring (bicyclic) bond motifs is 1. The first-order chi connectivity index (χ1) is 11.9. The van der Waals surface area contributed by atoms with E-state index in [1.807, 2.05) is 32.0 Å². The van der Waals surface area contributed by atoms with Crippen molar-refractivity contribution in [3.05, 3.63) is 46.4 Å². The maximum atomic E-state index is 12.8. The molecule has 25 heavy (non-hydrogen) atoms. The van der Waals surface area contributed by atoms with E-state index in [2.05, 4.69) is 10.6 Å². The molecule has 2 N–H and O–H groups in total. The molecule has 0 aliphatic carbocycles. The highest BCUT2D eigenvalue weighted by Crippen LogP contribution is 2.34. The van der Waals surface area contributed by atoms with Gasteiger partial charge >= 0.3 is 0 Å². The molecule has 3 rings (SSSR count). The summed E-state index contributed by atoms with van der Waals surface area (Å²) in [5.74, 6) is 1.48. The van der Waals surface area contributed by atoms with E-state index in [0.717, 1.165) is 27.4 Å². The Labute approximate surface area is 149 Å². The van der Waals surface area contributed by atoms with Crippen LogP contribution in [0.1, 0.15) is 16.8 Å². The highest BCUT2D eigenvalue weighted by Gasteiger charge is 2.28. The van der Waals surface area contributed by atoms with Gasteiger partial charge in [-0.3, -0.25) is 4.21 Å². The van der Waals surface area contributed by atoms with Gasteiger partial charge in [0.05, 0.1) is 47.5 Å². The topological polar surface area (TPSA) is 86.5 Å². The number of ether oxygens (including phenoxy) is 2. The third kappa shape index (κ3) is 3.21. The van der Waals surface area contributed by atoms with Crippen molar-refractivity contribution in [1.29, 1.82) is 0 Å². The number of aromatic nitrogens is 1. The van der Waals surface area contributed by atoms with E-state index in [4.69, 9.17) is 9.47 Å². The quantitative estimate of drug-likeness (QED) is 0.624. The lowest BCUT2D eigenvalue weighted by Crippen LogP contribution is -2.37. The second kappa shape index (κ2) is 6.79. The number of aryl methyl sites for hydroxylation is 1. The first kappa shape index (κ1) is 17.3. The van der Waals surface area contributed by atoms with Crippen LogP contribution in [0.15, 0.2) is 24.4 Å². The Balaban J connectivity index is 1.80. The number of anilines is 2. The van der Waals surface area contributed by atoms with Gasteiger partial charge in [0, 0.05) is 6.07 Å². The first-order valence-electron chi connectivity index (χ1n) is 7.79. The van der Waals surface area contributed by atoms with Gasteiger partial charge in [-0.25, -0.2) is 0 Å². The van der Waals surface area contributed by atoms with Crippen LogP contribution in [0.4, 0.5) is 11.4 Å². The van der Waals surface area contributed by atoms with Gasteiger partial charge in [-0.1, -0.05) is 0 Å². The molecule has 2 heterocycles. The van der Waals surface area contributed by atoms with Gasteiger partial charge in [0.1, 0.15) is 17.3 Å². The lowest BCUT2D eigenvalue weighted by atomic mass is 10.1. The molecule has 2 aromatic rings. The molecule has 0 bridgehead atoms. The fourth-order valence-electron chi connectivity index (χ4n) is 2.95. The summed E-state index contributed by atoms with van der Waals surface area (Å²) in [4.78, 5) is 0. The van der Waals surface area contributed by atoms with Crippen molar-refractivity contribution < 1.29 is 18.4 Å². The van der Waals surface area contributed by atoms with Crippen molar-refractivity contribution in [3.63, 3.8) is 0 Å². The largest absolute Gasteiger partial charge is 0.618 e. The number of hydrogen-bond acceptors (Lipinski definition) is 6. The number of pyridine rings is 1. The molecule has 0 spiro atoms. The van der Waals surface area contributed by atoms with Gasteiger partial charge in [0.25, 0.3) is 0 Å². The molecule has 134 valence electrons. The minimum Gasteiger partial charge on any atom is -0.618 e. The zero-order chi connectivity index (χ0) is 18.1. The van der Waals surface area contributed by atoms with Crippen LogP contribution in [0.3, 0.4) is 0 Å². The van der Waals surface area contributed by atoms with Gasteiger partial charge in [0.2, 0.25) is 5.69 Å². The predicted molar refractivity (Wildman–Crippen MR) is 97.3 cm³/mol. The molecule has 0 saturated heterocycles. The van der Waals surface area contributed by atoms with Gasteiger partial charge in [-0.2, -0.15) is 4.73 Å². The number of nitrogens with zero attached hydrogens (tertiary/aromatic N) is 1. The standard InChI is InChI=1S/C17H21N3O4S/c1-10-8-20(21)15(11(2)16(10)24-4)9-25(22)17-18-13-6-5-12(23-3)7-14(13)19-17/h5-8,17-19H,9H2,1-4H3/t17-,25-/m1/s1. The Bertz CT molecular complexity index is 841. The van der Waals surface area contributed by atoms with Crippen LogP contribution >= 0.6 is 0 Å². The van der Waals surface area contributed by atoms with Crippen LogP contribution in [0.2, 0.25) is 0 Å². The van der Waals surface area contributed by atoms with E-state index in [0.29, 0.717) is 17.0 Å². The number of benzene rings is 1. The van der Waals surface area contributed by atoms with Crippen molar-refractivity contribution in [2.24, 2.45) is 0 Å². The summed E-state index contributed by atoms with van der Waals surface area (Å²) in [5, 5.41) is 18.6. The summed E-state index contributed by atoms with van der Waals surface area (Å²) in [6.07, 6.45) is 1.45. The zero-order valence-electron chi connectivity index (χ0n) is 14.6. The van der Waals surface area contributed by atoms with Crippen LogP contribution in [-0.2, 0) is 16.6 Å². The van der Waals surface area contributed by atoms with E-state index in [-0.39, 0.29) is 5.75 Å². The lowest BCUT2D eigenvalue weighted by Gasteiger charge is -2.15. The lowest BCUT2D eigenvalue weighted by molar-refractivity contribution is -0.613. The molecule has 0 fully saturated rings. The van der Waals surface area contributed by atoms with E-state index in [1.54, 1.807) is 14.2 Å². The molecule has 0 unspecified atom stereocenters. The van der Waals surface area contributed by atoms with Gasteiger partial charge in [0.15, 0.2) is 11.7 Å². The highest BCUT2D eigenvalue weighted by molar-refractivity contribution is 7.85. The summed E-state index contributed by atoms with van der Waals surface area (Å²) < 4.78 is 24.1. The van der Waals surface area contributed by atoms with Crippen molar-refractivity contribution in [2.45, 2.75) is 25.1 Å². The molecule has 1 aromatic heterocycles. The Hall–Kier alpha value is -2.48. The second-order valence-electron chi connectivity index (χ2n) is 5.85. The van der Waals surface area contributed by atoms with Crippen molar-refractivity contribution in [3.8, 4) is 11.5 Å². The summed E-state index contributed by atoms with van der Waals surface area (Å²) >= 11 is 0. The Morgan fingerprint density at radius 1 is 1.20 bits per heavy atom. The molecule has 0 saturated carbocycles. The number of methoxy groups -OCH3 is 2. The van der Waals surface area contributed by atoms with Crippen molar-refractivity contribution >= 4 is 22.2 Å². The highest BCUT2D eigenvalue weighted by atomic mass is 32.2. The molecule has 0 amide bonds. The minimum absolute atomic E-state index is 0.113. The van der Waals surface area contributed by atoms with Gasteiger partial charge < -0.3 is 25.3 Å². The smallest absolute Gasteiger partial charge is 0.212 e. The van der Waals surface area contributed by atoms with Crippen molar-refractivity contribution in [2.75, 3.05) is 24.9 Å². The molecule has 0 radical (unpaired) electrons. The zero-order valence-corrected chi connectivity index (χ0v) is 15.4. The van der Waals surface area contributed by atoms with Crippen molar-refractivity contribution in [1.82, 2.24) is 0 Å². The molecule has 2 atom stereocenters. The summed E-state index contributed by atoms with van der Waals surface area (Å²) in [7, 11) is 1.80. The fourth-order valence-corrected chi connectivity index (χ4v) is 4.25. The Morgan fingerprint density at radius 2 is 1.92 bits per heavy atom. The molecule has 1 aliphatic rings. The van der Waals surface area contributed by atoms with Crippen LogP contribution in [0, 0.1) is 19.1 Å². The van der Waals surface area contributed by atoms with E-state index >= 15 is 0 Å². The maximum Gasteiger partial charge on any atom is 0.212 e. The molecular formula is C17H21N3O4S. The Morgan fingerprint density at radius 3 is 2.60 bits per heavy atom. The number of rotatable bonds is 5.